The Morgan fingerprint density at radius 1 is 0.909 bits per heavy atom. The average molecular weight is 726 g/mol. The highest BCUT2D eigenvalue weighted by Gasteiger charge is 2.29. The Labute approximate surface area is 269 Å². The first-order chi connectivity index (χ1) is 21.2. The number of halogens is 2. The smallest absolute Gasteiger partial charge is 0.494 e. The quantitative estimate of drug-likeness (QED) is 0.0760. The molecule has 0 heterocycles. The molecule has 1 aliphatic carbocycles. The van der Waals surface area contributed by atoms with E-state index >= 15 is 0 Å². The molecule has 0 radical (unpaired) electrons. The lowest BCUT2D eigenvalue weighted by Gasteiger charge is -2.20. The summed E-state index contributed by atoms with van der Waals surface area (Å²) < 4.78 is 23.0. The molecule has 44 heavy (non-hydrogen) atoms. The zero-order valence-electron chi connectivity index (χ0n) is 23.3. The number of rotatable bonds is 10. The van der Waals surface area contributed by atoms with Gasteiger partial charge in [0.1, 0.15) is 24.7 Å². The predicted octanol–water partition coefficient (Wildman–Crippen LogP) is 7.79. The minimum atomic E-state index is -1.03. The molecule has 1 amide bonds. The third kappa shape index (κ3) is 7.20. The first kappa shape index (κ1) is 31.0. The van der Waals surface area contributed by atoms with Crippen LogP contribution in [0.1, 0.15) is 22.6 Å². The number of nitrogens with zero attached hydrogens (tertiary/aromatic N) is 1. The zero-order chi connectivity index (χ0) is 31.2. The summed E-state index contributed by atoms with van der Waals surface area (Å²) in [5.41, 5.74) is 5.07. The van der Waals surface area contributed by atoms with Gasteiger partial charge in [0.25, 0.3) is 5.69 Å². The van der Waals surface area contributed by atoms with E-state index in [9.17, 15) is 19.7 Å². The Morgan fingerprint density at radius 3 is 2.07 bits per heavy atom. The Bertz CT molecular complexity index is 1630. The number of non-ortho nitro benzene ring substituents is 1. The number of fused-ring (bicyclic) bond motifs is 3. The summed E-state index contributed by atoms with van der Waals surface area (Å²) in [5.74, 6) is 0.565. The van der Waals surface area contributed by atoms with E-state index in [-0.39, 0.29) is 37.0 Å². The molecular formula is C32H26Br2N2O8. The van der Waals surface area contributed by atoms with E-state index in [1.165, 1.54) is 24.3 Å². The second-order valence-electron chi connectivity index (χ2n) is 9.88. The number of carbonyl (C=O) groups is 2. The first-order valence-corrected chi connectivity index (χ1v) is 15.0. The second kappa shape index (κ2) is 13.9. The zero-order valence-corrected chi connectivity index (χ0v) is 26.5. The largest absolute Gasteiger partial charge is 0.513 e. The minimum Gasteiger partial charge on any atom is -0.494 e. The Hall–Kier alpha value is -4.42. The molecule has 0 saturated heterocycles. The first-order valence-electron chi connectivity index (χ1n) is 13.5. The van der Waals surface area contributed by atoms with Crippen molar-refractivity contribution in [2.24, 2.45) is 0 Å². The van der Waals surface area contributed by atoms with Crippen molar-refractivity contribution in [2.75, 3.05) is 20.3 Å². The maximum absolute atomic E-state index is 13.1. The van der Waals surface area contributed by atoms with E-state index in [0.29, 0.717) is 14.7 Å². The molecule has 1 N–H and O–H groups in total. The van der Waals surface area contributed by atoms with Crippen molar-refractivity contribution in [3.05, 3.63) is 121 Å². The van der Waals surface area contributed by atoms with Gasteiger partial charge >= 0.3 is 12.2 Å². The summed E-state index contributed by atoms with van der Waals surface area (Å²) in [6, 6.07) is 24.1. The van der Waals surface area contributed by atoms with Gasteiger partial charge in [-0.05, 0) is 90.4 Å². The fraction of sp³-hybridized carbons (Fsp3) is 0.188. The highest BCUT2D eigenvalue weighted by molar-refractivity contribution is 9.11. The van der Waals surface area contributed by atoms with Crippen LogP contribution in [0, 0.1) is 10.1 Å². The number of nitro benzene ring substituents is 1. The standard InChI is InChI=1S/C32H26Br2N2O8/c1-41-30-28(33)15-19(16-29(30)34)14-20(17-43-32(38)44-22-12-10-21(11-13-22)36(39)40)35-31(37)42-18-27-25-8-4-2-6-23(25)24-7-3-5-9-26(24)27/h2-13,15-16,20,27H,14,17-18H2,1H3,(H,35,37)/t20-/m0/s1. The molecule has 0 spiro atoms. The molecule has 12 heteroatoms. The van der Waals surface area contributed by atoms with E-state index in [0.717, 1.165) is 27.8 Å². The Kier molecular flexibility index (Phi) is 9.81. The van der Waals surface area contributed by atoms with Crippen molar-refractivity contribution >= 4 is 49.8 Å². The van der Waals surface area contributed by atoms with Crippen LogP contribution in [0.3, 0.4) is 0 Å². The molecule has 0 saturated carbocycles. The lowest BCUT2D eigenvalue weighted by molar-refractivity contribution is -0.384. The monoisotopic (exact) mass is 724 g/mol. The van der Waals surface area contributed by atoms with Gasteiger partial charge in [-0.2, -0.15) is 0 Å². The van der Waals surface area contributed by atoms with Gasteiger partial charge in [0.05, 0.1) is 27.0 Å². The van der Waals surface area contributed by atoms with Gasteiger partial charge < -0.3 is 24.3 Å². The number of nitro groups is 1. The highest BCUT2D eigenvalue weighted by Crippen LogP contribution is 2.44. The van der Waals surface area contributed by atoms with Crippen LogP contribution in [0.5, 0.6) is 11.5 Å². The molecule has 10 nitrogen and oxygen atoms in total. The van der Waals surface area contributed by atoms with Crippen molar-refractivity contribution in [3.63, 3.8) is 0 Å². The van der Waals surface area contributed by atoms with Crippen molar-refractivity contribution in [1.82, 2.24) is 5.32 Å². The predicted molar refractivity (Wildman–Crippen MR) is 169 cm³/mol. The summed E-state index contributed by atoms with van der Waals surface area (Å²) in [7, 11) is 1.55. The Balaban J connectivity index is 1.26. The minimum absolute atomic E-state index is 0.0738. The molecule has 0 unspecified atom stereocenters. The lowest BCUT2D eigenvalue weighted by atomic mass is 9.98. The molecule has 0 aliphatic heterocycles. The van der Waals surface area contributed by atoms with Crippen LogP contribution in [0.25, 0.3) is 11.1 Å². The number of methoxy groups -OCH3 is 1. The van der Waals surface area contributed by atoms with Gasteiger partial charge in [-0.25, -0.2) is 9.59 Å². The lowest BCUT2D eigenvalue weighted by Crippen LogP contribution is -2.41. The summed E-state index contributed by atoms with van der Waals surface area (Å²) in [6.07, 6.45) is -1.43. The van der Waals surface area contributed by atoms with Crippen molar-refractivity contribution in [2.45, 2.75) is 18.4 Å². The summed E-state index contributed by atoms with van der Waals surface area (Å²) in [5, 5.41) is 13.7. The van der Waals surface area contributed by atoms with Gasteiger partial charge in [0.2, 0.25) is 0 Å². The molecule has 4 aromatic rings. The van der Waals surface area contributed by atoms with Gasteiger partial charge in [0.15, 0.2) is 0 Å². The van der Waals surface area contributed by atoms with Crippen molar-refractivity contribution in [3.8, 4) is 22.6 Å². The molecule has 0 bridgehead atoms. The number of alkyl carbamates (subject to hydrolysis) is 1. The molecule has 226 valence electrons. The maximum Gasteiger partial charge on any atom is 0.513 e. The topological polar surface area (TPSA) is 126 Å². The Morgan fingerprint density at radius 2 is 1.50 bits per heavy atom. The molecule has 5 rings (SSSR count). The molecule has 0 fully saturated rings. The molecule has 0 aromatic heterocycles. The highest BCUT2D eigenvalue weighted by atomic mass is 79.9. The SMILES string of the molecule is COc1c(Br)cc(C[C@@H](COC(=O)Oc2ccc([N+](=O)[O-])cc2)NC(=O)OCC2c3ccccc3-c3ccccc32)cc1Br. The summed E-state index contributed by atoms with van der Waals surface area (Å²) in [4.78, 5) is 35.8. The van der Waals surface area contributed by atoms with Crippen LogP contribution < -0.4 is 14.8 Å². The van der Waals surface area contributed by atoms with Gasteiger partial charge in [-0.15, -0.1) is 0 Å². The number of amides is 1. The maximum atomic E-state index is 13.1. The summed E-state index contributed by atoms with van der Waals surface area (Å²) in [6.45, 7) is -0.119. The fourth-order valence-electron chi connectivity index (χ4n) is 5.10. The van der Waals surface area contributed by atoms with Gasteiger partial charge in [-0.3, -0.25) is 10.1 Å². The van der Waals surface area contributed by atoms with Crippen molar-refractivity contribution in [1.29, 1.82) is 0 Å². The van der Waals surface area contributed by atoms with E-state index in [1.54, 1.807) is 7.11 Å². The van der Waals surface area contributed by atoms with E-state index < -0.39 is 23.2 Å². The third-order valence-corrected chi connectivity index (χ3v) is 8.24. The molecule has 1 aliphatic rings. The fourth-order valence-corrected chi connectivity index (χ4v) is 6.70. The van der Waals surface area contributed by atoms with Crippen LogP contribution in [-0.4, -0.2) is 43.5 Å². The van der Waals surface area contributed by atoms with Crippen LogP contribution in [-0.2, 0) is 15.9 Å². The van der Waals surface area contributed by atoms with Gasteiger partial charge in [-0.1, -0.05) is 48.5 Å². The second-order valence-corrected chi connectivity index (χ2v) is 11.6. The van der Waals surface area contributed by atoms with Crippen LogP contribution >= 0.6 is 31.9 Å². The number of carbonyl (C=O) groups excluding carboxylic acids is 2. The summed E-state index contributed by atoms with van der Waals surface area (Å²) >= 11 is 6.97. The molecule has 4 aromatic carbocycles. The van der Waals surface area contributed by atoms with E-state index in [2.05, 4.69) is 49.3 Å². The van der Waals surface area contributed by atoms with Crippen molar-refractivity contribution < 1.29 is 33.5 Å². The number of hydrogen-bond donors (Lipinski definition) is 1. The molecule has 1 atom stereocenters. The molecular weight excluding hydrogens is 700 g/mol. The van der Waals surface area contributed by atoms with E-state index in [1.807, 2.05) is 48.5 Å². The number of benzene rings is 4. The van der Waals surface area contributed by atoms with Gasteiger partial charge in [0, 0.05) is 18.1 Å². The number of nitrogens with one attached hydrogen (secondary N) is 1. The normalized spacial score (nSPS) is 12.4. The van der Waals surface area contributed by atoms with E-state index in [4.69, 9.17) is 18.9 Å². The van der Waals surface area contributed by atoms with Crippen LogP contribution in [0.15, 0.2) is 93.9 Å². The number of hydrogen-bond acceptors (Lipinski definition) is 8. The third-order valence-electron chi connectivity index (χ3n) is 7.06. The average Bonchev–Trinajstić information content (AvgIpc) is 3.32. The van der Waals surface area contributed by atoms with Crippen LogP contribution in [0.4, 0.5) is 15.3 Å². The number of ether oxygens (including phenoxy) is 4. The van der Waals surface area contributed by atoms with Crippen LogP contribution in [0.2, 0.25) is 0 Å².